The van der Waals surface area contributed by atoms with E-state index in [0.29, 0.717) is 10.3 Å². The van der Waals surface area contributed by atoms with Gasteiger partial charge in [0.2, 0.25) is 0 Å². The van der Waals surface area contributed by atoms with E-state index in [1.807, 2.05) is 0 Å². The molecule has 5 nitrogen and oxygen atoms in total. The SMILES string of the molecule is O=C(O)Oc1ccc2[nH]c(=S)[nH]c2c1. The molecule has 0 amide bonds. The number of rotatable bonds is 1. The van der Waals surface area contributed by atoms with Crippen LogP contribution in [0.3, 0.4) is 0 Å². The first-order valence-electron chi connectivity index (χ1n) is 3.78. The number of ether oxygens (including phenoxy) is 1. The van der Waals surface area contributed by atoms with Crippen LogP contribution in [0.4, 0.5) is 4.79 Å². The van der Waals surface area contributed by atoms with Crippen LogP contribution < -0.4 is 4.74 Å². The van der Waals surface area contributed by atoms with E-state index >= 15 is 0 Å². The summed E-state index contributed by atoms with van der Waals surface area (Å²) < 4.78 is 4.97. The first-order valence-corrected chi connectivity index (χ1v) is 4.19. The van der Waals surface area contributed by atoms with Crippen LogP contribution in [0.1, 0.15) is 0 Å². The molecule has 0 aliphatic rings. The van der Waals surface area contributed by atoms with Gasteiger partial charge in [0, 0.05) is 6.07 Å². The highest BCUT2D eigenvalue weighted by Gasteiger charge is 2.02. The van der Waals surface area contributed by atoms with Crippen LogP contribution in [0, 0.1) is 4.77 Å². The third kappa shape index (κ3) is 1.60. The van der Waals surface area contributed by atoms with Crippen molar-refractivity contribution < 1.29 is 14.6 Å². The van der Waals surface area contributed by atoms with Crippen LogP contribution in [0.15, 0.2) is 18.2 Å². The summed E-state index contributed by atoms with van der Waals surface area (Å²) in [5, 5.41) is 8.38. The predicted octanol–water partition coefficient (Wildman–Crippen LogP) is 2.28. The predicted molar refractivity (Wildman–Crippen MR) is 52.1 cm³/mol. The van der Waals surface area contributed by atoms with Crippen molar-refractivity contribution in [3.05, 3.63) is 23.0 Å². The summed E-state index contributed by atoms with van der Waals surface area (Å²) in [5.41, 5.74) is 1.53. The van der Waals surface area contributed by atoms with E-state index in [4.69, 9.17) is 17.3 Å². The van der Waals surface area contributed by atoms with E-state index in [1.165, 1.54) is 0 Å². The molecule has 0 unspecified atom stereocenters. The molecule has 3 N–H and O–H groups in total. The van der Waals surface area contributed by atoms with Crippen molar-refractivity contribution in [2.45, 2.75) is 0 Å². The zero-order valence-electron chi connectivity index (χ0n) is 6.90. The van der Waals surface area contributed by atoms with Crippen LogP contribution in [-0.4, -0.2) is 21.2 Å². The molecule has 0 spiro atoms. The summed E-state index contributed by atoms with van der Waals surface area (Å²) in [6.07, 6.45) is -1.33. The smallest absolute Gasteiger partial charge is 0.449 e. The molecule has 0 bridgehead atoms. The van der Waals surface area contributed by atoms with Gasteiger partial charge in [-0.15, -0.1) is 0 Å². The Morgan fingerprint density at radius 1 is 1.36 bits per heavy atom. The fourth-order valence-corrected chi connectivity index (χ4v) is 1.40. The number of carboxylic acid groups (broad SMARTS) is 1. The molecule has 0 saturated heterocycles. The molecule has 1 heterocycles. The standard InChI is InChI=1S/C8H6N2O3S/c11-8(12)13-4-1-2-5-6(3-4)10-7(14)9-5/h1-3H,(H,11,12)(H2,9,10,14). The van der Waals surface area contributed by atoms with Crippen molar-refractivity contribution in [3.63, 3.8) is 0 Å². The molecule has 1 aromatic carbocycles. The normalized spacial score (nSPS) is 10.3. The number of fused-ring (bicyclic) bond motifs is 1. The Morgan fingerprint density at radius 2 is 2.07 bits per heavy atom. The van der Waals surface area contributed by atoms with Gasteiger partial charge in [-0.05, 0) is 24.4 Å². The zero-order chi connectivity index (χ0) is 10.1. The van der Waals surface area contributed by atoms with E-state index in [1.54, 1.807) is 18.2 Å². The number of hydrogen-bond acceptors (Lipinski definition) is 3. The lowest BCUT2D eigenvalue weighted by Gasteiger charge is -1.97. The number of H-pyrrole nitrogens is 2. The number of aromatic nitrogens is 2. The molecule has 0 saturated carbocycles. The largest absolute Gasteiger partial charge is 0.511 e. The number of benzene rings is 1. The summed E-state index contributed by atoms with van der Waals surface area (Å²) >= 11 is 4.88. The van der Waals surface area contributed by atoms with Crippen molar-refractivity contribution in [2.75, 3.05) is 0 Å². The van der Waals surface area contributed by atoms with Gasteiger partial charge in [0.05, 0.1) is 11.0 Å². The van der Waals surface area contributed by atoms with E-state index in [0.717, 1.165) is 5.52 Å². The molecule has 2 aromatic rings. The van der Waals surface area contributed by atoms with Gasteiger partial charge in [0.15, 0.2) is 4.77 Å². The molecule has 0 atom stereocenters. The highest BCUT2D eigenvalue weighted by atomic mass is 32.1. The van der Waals surface area contributed by atoms with Crippen LogP contribution >= 0.6 is 12.2 Å². The number of imidazole rings is 1. The van der Waals surface area contributed by atoms with E-state index < -0.39 is 6.16 Å². The highest BCUT2D eigenvalue weighted by molar-refractivity contribution is 7.71. The van der Waals surface area contributed by atoms with E-state index in [9.17, 15) is 4.79 Å². The summed E-state index contributed by atoms with van der Waals surface area (Å²) in [6.45, 7) is 0. The van der Waals surface area contributed by atoms with Crippen molar-refractivity contribution in [3.8, 4) is 5.75 Å². The number of nitrogens with one attached hydrogen (secondary N) is 2. The molecule has 1 aromatic heterocycles. The van der Waals surface area contributed by atoms with Gasteiger partial charge in [-0.3, -0.25) is 0 Å². The van der Waals surface area contributed by atoms with Gasteiger partial charge in [0.1, 0.15) is 5.75 Å². The van der Waals surface area contributed by atoms with Gasteiger partial charge in [-0.2, -0.15) is 0 Å². The molecule has 72 valence electrons. The summed E-state index contributed by atoms with van der Waals surface area (Å²) in [5.74, 6) is 0.259. The third-order valence-corrected chi connectivity index (χ3v) is 1.90. The molecular weight excluding hydrogens is 204 g/mol. The van der Waals surface area contributed by atoms with Gasteiger partial charge < -0.3 is 19.8 Å². The monoisotopic (exact) mass is 210 g/mol. The highest BCUT2D eigenvalue weighted by Crippen LogP contribution is 2.18. The minimum Gasteiger partial charge on any atom is -0.449 e. The Bertz CT molecular complexity index is 543. The first-order chi connectivity index (χ1) is 6.65. The second-order valence-corrected chi connectivity index (χ2v) is 3.06. The Balaban J connectivity index is 2.50. The second-order valence-electron chi connectivity index (χ2n) is 2.65. The zero-order valence-corrected chi connectivity index (χ0v) is 7.72. The Kier molecular flexibility index (Phi) is 1.97. The Morgan fingerprint density at radius 3 is 2.79 bits per heavy atom. The Labute approximate surface area is 83.3 Å². The molecule has 0 radical (unpaired) electrons. The van der Waals surface area contributed by atoms with Crippen LogP contribution in [0.25, 0.3) is 11.0 Å². The molecule has 6 heteroatoms. The van der Waals surface area contributed by atoms with Gasteiger partial charge in [-0.1, -0.05) is 0 Å². The number of aromatic amines is 2. The average Bonchev–Trinajstić information content (AvgIpc) is 2.42. The lowest BCUT2D eigenvalue weighted by molar-refractivity contribution is 0.144. The first kappa shape index (κ1) is 8.76. The lowest BCUT2D eigenvalue weighted by Crippen LogP contribution is -2.02. The molecule has 14 heavy (non-hydrogen) atoms. The van der Waals surface area contributed by atoms with Gasteiger partial charge in [-0.25, -0.2) is 4.79 Å². The van der Waals surface area contributed by atoms with E-state index in [2.05, 4.69) is 14.7 Å². The summed E-state index contributed by atoms with van der Waals surface area (Å²) in [7, 11) is 0. The second kappa shape index (κ2) is 3.15. The van der Waals surface area contributed by atoms with Crippen molar-refractivity contribution in [1.29, 1.82) is 0 Å². The molecule has 0 aliphatic heterocycles. The lowest BCUT2D eigenvalue weighted by atomic mass is 10.3. The molecule has 0 fully saturated rings. The quantitative estimate of drug-likeness (QED) is 0.383. The van der Waals surface area contributed by atoms with Crippen LogP contribution in [0.2, 0.25) is 0 Å². The topological polar surface area (TPSA) is 78.1 Å². The fraction of sp³-hybridized carbons (Fsp3) is 0. The summed E-state index contributed by atoms with van der Waals surface area (Å²) in [6, 6.07) is 4.81. The van der Waals surface area contributed by atoms with E-state index in [-0.39, 0.29) is 5.75 Å². The fourth-order valence-electron chi connectivity index (χ4n) is 1.18. The summed E-state index contributed by atoms with van der Waals surface area (Å²) in [4.78, 5) is 16.0. The van der Waals surface area contributed by atoms with Crippen LogP contribution in [-0.2, 0) is 0 Å². The maximum absolute atomic E-state index is 10.2. The minimum absolute atomic E-state index is 0.259. The molecule has 2 rings (SSSR count). The maximum atomic E-state index is 10.2. The molecular formula is C8H6N2O3S. The van der Waals surface area contributed by atoms with Crippen molar-refractivity contribution >= 4 is 29.4 Å². The maximum Gasteiger partial charge on any atom is 0.511 e. The number of carbonyl (C=O) groups is 1. The van der Waals surface area contributed by atoms with Crippen LogP contribution in [0.5, 0.6) is 5.75 Å². The number of hydrogen-bond donors (Lipinski definition) is 3. The average molecular weight is 210 g/mol. The van der Waals surface area contributed by atoms with Crippen molar-refractivity contribution in [2.24, 2.45) is 0 Å². The molecule has 0 aliphatic carbocycles. The van der Waals surface area contributed by atoms with Crippen molar-refractivity contribution in [1.82, 2.24) is 9.97 Å². The third-order valence-electron chi connectivity index (χ3n) is 1.69. The minimum atomic E-state index is -1.33. The van der Waals surface area contributed by atoms with Gasteiger partial charge in [0.25, 0.3) is 0 Å². The van der Waals surface area contributed by atoms with Gasteiger partial charge >= 0.3 is 6.16 Å². The Hall–Kier alpha value is -1.82.